The van der Waals surface area contributed by atoms with Crippen molar-refractivity contribution in [3.63, 3.8) is 0 Å². The fraction of sp³-hybridized carbons (Fsp3) is 0.333. The zero-order valence-corrected chi connectivity index (χ0v) is 16.6. The van der Waals surface area contributed by atoms with Gasteiger partial charge in [0.15, 0.2) is 0 Å². The van der Waals surface area contributed by atoms with Crippen LogP contribution in [0.3, 0.4) is 0 Å². The Bertz CT molecular complexity index is 831. The number of hydrogen-bond acceptors (Lipinski definition) is 2. The molecule has 26 heavy (non-hydrogen) atoms. The lowest BCUT2D eigenvalue weighted by Gasteiger charge is -2.30. The van der Waals surface area contributed by atoms with Crippen molar-refractivity contribution < 1.29 is 9.59 Å². The number of aryl methyl sites for hydroxylation is 2. The van der Waals surface area contributed by atoms with Crippen LogP contribution in [0.1, 0.15) is 31.9 Å². The van der Waals surface area contributed by atoms with Gasteiger partial charge in [-0.1, -0.05) is 29.8 Å². The maximum absolute atomic E-state index is 13.1. The predicted molar refractivity (Wildman–Crippen MR) is 108 cm³/mol. The number of nitrogens with zero attached hydrogens (tertiary/aromatic N) is 1. The van der Waals surface area contributed by atoms with Crippen LogP contribution in [0.2, 0.25) is 5.02 Å². The Morgan fingerprint density at radius 2 is 1.81 bits per heavy atom. The van der Waals surface area contributed by atoms with Crippen LogP contribution >= 0.6 is 11.6 Å². The molecule has 0 atom stereocenters. The van der Waals surface area contributed by atoms with Gasteiger partial charge in [-0.25, -0.2) is 0 Å². The van der Waals surface area contributed by atoms with E-state index in [1.54, 1.807) is 30.9 Å². The molecule has 5 heteroatoms. The Hall–Kier alpha value is -2.33. The maximum Gasteiger partial charge on any atom is 0.242 e. The minimum atomic E-state index is -1.23. The zero-order valence-electron chi connectivity index (χ0n) is 15.9. The van der Waals surface area contributed by atoms with Gasteiger partial charge in [0.25, 0.3) is 0 Å². The third-order valence-corrected chi connectivity index (χ3v) is 4.81. The van der Waals surface area contributed by atoms with E-state index in [1.807, 2.05) is 51.1 Å². The van der Waals surface area contributed by atoms with Crippen molar-refractivity contribution in [2.75, 3.05) is 16.8 Å². The number of halogens is 1. The molecule has 0 aliphatic carbocycles. The van der Waals surface area contributed by atoms with Crippen molar-refractivity contribution in [2.45, 2.75) is 34.6 Å². The molecule has 0 saturated carbocycles. The highest BCUT2D eigenvalue weighted by Gasteiger charge is 2.39. The molecule has 0 saturated heterocycles. The lowest BCUT2D eigenvalue weighted by Crippen LogP contribution is -2.47. The maximum atomic E-state index is 13.1. The van der Waals surface area contributed by atoms with Crippen LogP contribution < -0.4 is 10.2 Å². The number of benzene rings is 2. The molecule has 2 amide bonds. The normalized spacial score (nSPS) is 11.2. The molecular weight excluding hydrogens is 348 g/mol. The van der Waals surface area contributed by atoms with Crippen molar-refractivity contribution in [3.05, 3.63) is 58.6 Å². The van der Waals surface area contributed by atoms with Gasteiger partial charge in [-0.05, 0) is 70.0 Å². The molecule has 1 N–H and O–H groups in total. The van der Waals surface area contributed by atoms with Gasteiger partial charge in [-0.15, -0.1) is 0 Å². The highest BCUT2D eigenvalue weighted by atomic mass is 35.5. The SMILES string of the molecule is CCN(C(=O)C(C)(C)C(=O)Nc1ccc(C)c(Cl)c1)c1cccc(C)c1. The van der Waals surface area contributed by atoms with E-state index in [4.69, 9.17) is 11.6 Å². The number of carbonyl (C=O) groups is 2. The highest BCUT2D eigenvalue weighted by Crippen LogP contribution is 2.27. The van der Waals surface area contributed by atoms with Crippen LogP contribution in [0.5, 0.6) is 0 Å². The second-order valence-corrected chi connectivity index (χ2v) is 7.34. The summed E-state index contributed by atoms with van der Waals surface area (Å²) < 4.78 is 0. The van der Waals surface area contributed by atoms with Crippen LogP contribution in [-0.4, -0.2) is 18.4 Å². The summed E-state index contributed by atoms with van der Waals surface area (Å²) >= 11 is 6.12. The number of rotatable bonds is 5. The van der Waals surface area contributed by atoms with Gasteiger partial charge in [0, 0.05) is 22.9 Å². The molecule has 2 aromatic carbocycles. The summed E-state index contributed by atoms with van der Waals surface area (Å²) in [6, 6.07) is 13.0. The van der Waals surface area contributed by atoms with Crippen LogP contribution in [0.25, 0.3) is 0 Å². The monoisotopic (exact) mass is 372 g/mol. The van der Waals surface area contributed by atoms with Gasteiger partial charge in [-0.2, -0.15) is 0 Å². The molecule has 0 bridgehead atoms. The van der Waals surface area contributed by atoms with E-state index < -0.39 is 5.41 Å². The Morgan fingerprint density at radius 1 is 1.12 bits per heavy atom. The van der Waals surface area contributed by atoms with E-state index in [9.17, 15) is 9.59 Å². The van der Waals surface area contributed by atoms with E-state index >= 15 is 0 Å². The quantitative estimate of drug-likeness (QED) is 0.753. The average Bonchev–Trinajstić information content (AvgIpc) is 2.58. The fourth-order valence-corrected chi connectivity index (χ4v) is 2.81. The van der Waals surface area contributed by atoms with Crippen LogP contribution in [-0.2, 0) is 9.59 Å². The van der Waals surface area contributed by atoms with Gasteiger partial charge in [-0.3, -0.25) is 9.59 Å². The van der Waals surface area contributed by atoms with Crippen molar-refractivity contribution in [1.29, 1.82) is 0 Å². The first-order valence-corrected chi connectivity index (χ1v) is 9.01. The lowest BCUT2D eigenvalue weighted by molar-refractivity contribution is -0.136. The number of amides is 2. The van der Waals surface area contributed by atoms with E-state index in [2.05, 4.69) is 5.32 Å². The molecule has 2 rings (SSSR count). The summed E-state index contributed by atoms with van der Waals surface area (Å²) in [5.41, 5.74) is 2.13. The first kappa shape index (κ1) is 20.0. The summed E-state index contributed by atoms with van der Waals surface area (Å²) in [6.07, 6.45) is 0. The molecule has 2 aromatic rings. The van der Waals surface area contributed by atoms with E-state index in [1.165, 1.54) is 0 Å². The summed E-state index contributed by atoms with van der Waals surface area (Å²) in [7, 11) is 0. The Balaban J connectivity index is 2.24. The van der Waals surface area contributed by atoms with Gasteiger partial charge in [0.1, 0.15) is 5.41 Å². The second kappa shape index (κ2) is 7.92. The van der Waals surface area contributed by atoms with Crippen LogP contribution in [0.15, 0.2) is 42.5 Å². The van der Waals surface area contributed by atoms with Gasteiger partial charge in [0.2, 0.25) is 11.8 Å². The summed E-state index contributed by atoms with van der Waals surface area (Å²) in [4.78, 5) is 27.5. The Labute approximate surface area is 160 Å². The first-order chi connectivity index (χ1) is 12.2. The Morgan fingerprint density at radius 3 is 2.38 bits per heavy atom. The molecule has 0 aromatic heterocycles. The summed E-state index contributed by atoms with van der Waals surface area (Å²) in [6.45, 7) is 9.52. The van der Waals surface area contributed by atoms with Gasteiger partial charge in [0.05, 0.1) is 0 Å². The second-order valence-electron chi connectivity index (χ2n) is 6.93. The van der Waals surface area contributed by atoms with Gasteiger partial charge < -0.3 is 10.2 Å². The lowest BCUT2D eigenvalue weighted by atomic mass is 9.89. The van der Waals surface area contributed by atoms with Crippen LogP contribution in [0, 0.1) is 19.3 Å². The molecule has 0 spiro atoms. The smallest absolute Gasteiger partial charge is 0.242 e. The summed E-state index contributed by atoms with van der Waals surface area (Å²) in [5.74, 6) is -0.616. The first-order valence-electron chi connectivity index (χ1n) is 8.63. The third-order valence-electron chi connectivity index (χ3n) is 4.41. The van der Waals surface area contributed by atoms with E-state index in [0.29, 0.717) is 17.3 Å². The molecule has 0 aliphatic heterocycles. The molecule has 4 nitrogen and oxygen atoms in total. The van der Waals surface area contributed by atoms with Crippen molar-refractivity contribution in [1.82, 2.24) is 0 Å². The minimum absolute atomic E-state index is 0.249. The molecule has 0 radical (unpaired) electrons. The molecule has 0 fully saturated rings. The largest absolute Gasteiger partial charge is 0.325 e. The third kappa shape index (κ3) is 4.25. The minimum Gasteiger partial charge on any atom is -0.325 e. The van der Waals surface area contributed by atoms with Gasteiger partial charge >= 0.3 is 0 Å². The number of carbonyl (C=O) groups excluding carboxylic acids is 2. The average molecular weight is 373 g/mol. The fourth-order valence-electron chi connectivity index (χ4n) is 2.63. The predicted octanol–water partition coefficient (Wildman–Crippen LogP) is 4.97. The molecule has 0 aliphatic rings. The molecule has 0 unspecified atom stereocenters. The summed E-state index contributed by atoms with van der Waals surface area (Å²) in [5, 5.41) is 3.37. The molecule has 138 valence electrons. The molecule has 0 heterocycles. The standard InChI is InChI=1S/C21H25ClN2O2/c1-6-24(17-9-7-8-14(2)12-17)20(26)21(4,5)19(25)23-16-11-10-15(3)18(22)13-16/h7-13H,6H2,1-5H3,(H,23,25). The van der Waals surface area contributed by atoms with Crippen molar-refractivity contribution >= 4 is 34.8 Å². The van der Waals surface area contributed by atoms with Crippen molar-refractivity contribution in [3.8, 4) is 0 Å². The van der Waals surface area contributed by atoms with Crippen LogP contribution in [0.4, 0.5) is 11.4 Å². The molecular formula is C21H25ClN2O2. The highest BCUT2D eigenvalue weighted by molar-refractivity contribution is 6.31. The van der Waals surface area contributed by atoms with E-state index in [0.717, 1.165) is 16.8 Å². The van der Waals surface area contributed by atoms with E-state index in [-0.39, 0.29) is 11.8 Å². The number of hydrogen-bond donors (Lipinski definition) is 1. The zero-order chi connectivity index (χ0) is 19.5. The number of anilines is 2. The Kier molecular flexibility index (Phi) is 6.09. The number of nitrogens with one attached hydrogen (secondary N) is 1. The topological polar surface area (TPSA) is 49.4 Å². The van der Waals surface area contributed by atoms with Crippen molar-refractivity contribution in [2.24, 2.45) is 5.41 Å².